The zero-order valence-electron chi connectivity index (χ0n) is 10.7. The first-order valence-corrected chi connectivity index (χ1v) is 7.01. The van der Waals surface area contributed by atoms with Gasteiger partial charge in [0.2, 0.25) is 0 Å². The fourth-order valence-corrected chi connectivity index (χ4v) is 2.77. The molecule has 0 radical (unpaired) electrons. The van der Waals surface area contributed by atoms with Crippen molar-refractivity contribution in [1.29, 1.82) is 0 Å². The van der Waals surface area contributed by atoms with Crippen LogP contribution in [0.4, 0.5) is 10.5 Å². The lowest BCUT2D eigenvalue weighted by Crippen LogP contribution is -2.39. The molecule has 3 rings (SSSR count). The number of halogens is 1. The zero-order chi connectivity index (χ0) is 13.2. The molecule has 5 heteroatoms. The molecule has 0 aliphatic carbocycles. The summed E-state index contributed by atoms with van der Waals surface area (Å²) in [5.41, 5.74) is 0.813. The summed E-state index contributed by atoms with van der Waals surface area (Å²) in [6.07, 6.45) is 3.64. The van der Waals surface area contributed by atoms with Gasteiger partial charge < -0.3 is 4.90 Å². The van der Waals surface area contributed by atoms with Crippen LogP contribution in [-0.2, 0) is 0 Å². The molecule has 0 aromatic heterocycles. The third kappa shape index (κ3) is 2.59. The van der Waals surface area contributed by atoms with Crippen molar-refractivity contribution in [2.24, 2.45) is 4.99 Å². The number of aliphatic imine (C=N–C) groups is 1. The Morgan fingerprint density at radius 3 is 2.68 bits per heavy atom. The molecule has 0 saturated carbocycles. The van der Waals surface area contributed by atoms with E-state index >= 15 is 0 Å². The monoisotopic (exact) mass is 277 g/mol. The van der Waals surface area contributed by atoms with Gasteiger partial charge in [0.05, 0.1) is 6.54 Å². The molecule has 100 valence electrons. The van der Waals surface area contributed by atoms with Crippen molar-refractivity contribution in [2.45, 2.75) is 19.3 Å². The van der Waals surface area contributed by atoms with Gasteiger partial charge >= 0.3 is 6.03 Å². The van der Waals surface area contributed by atoms with Gasteiger partial charge in [-0.05, 0) is 37.5 Å². The summed E-state index contributed by atoms with van der Waals surface area (Å²) in [5.74, 6) is 0.893. The molecular formula is C14H16ClN3O. The van der Waals surface area contributed by atoms with Crippen molar-refractivity contribution in [3.8, 4) is 0 Å². The Morgan fingerprint density at radius 2 is 1.95 bits per heavy atom. The maximum Gasteiger partial charge on any atom is 0.350 e. The van der Waals surface area contributed by atoms with Crippen molar-refractivity contribution in [3.63, 3.8) is 0 Å². The highest BCUT2D eigenvalue weighted by Crippen LogP contribution is 2.23. The van der Waals surface area contributed by atoms with E-state index < -0.39 is 0 Å². The second-order valence-corrected chi connectivity index (χ2v) is 5.36. The van der Waals surface area contributed by atoms with E-state index in [1.807, 2.05) is 12.1 Å². The van der Waals surface area contributed by atoms with Gasteiger partial charge in [-0.1, -0.05) is 17.7 Å². The van der Waals surface area contributed by atoms with Crippen LogP contribution in [0.2, 0.25) is 5.02 Å². The van der Waals surface area contributed by atoms with Gasteiger partial charge in [0.15, 0.2) is 0 Å². The molecule has 0 bridgehead atoms. The quantitative estimate of drug-likeness (QED) is 0.790. The van der Waals surface area contributed by atoms with E-state index in [-0.39, 0.29) is 6.03 Å². The van der Waals surface area contributed by atoms with E-state index in [0.717, 1.165) is 24.6 Å². The maximum absolute atomic E-state index is 12.0. The predicted molar refractivity (Wildman–Crippen MR) is 77.1 cm³/mol. The zero-order valence-corrected chi connectivity index (χ0v) is 11.4. The Hall–Kier alpha value is -1.55. The van der Waals surface area contributed by atoms with Gasteiger partial charge in [0, 0.05) is 23.8 Å². The second kappa shape index (κ2) is 5.21. The minimum absolute atomic E-state index is 0.192. The van der Waals surface area contributed by atoms with E-state index in [4.69, 9.17) is 11.6 Å². The molecule has 2 amide bonds. The average molecular weight is 278 g/mol. The number of carbonyl (C=O) groups excluding carboxylic acids is 1. The number of hydrogen-bond donors (Lipinski definition) is 0. The molecule has 2 aliphatic rings. The number of urea groups is 1. The molecule has 1 aromatic rings. The van der Waals surface area contributed by atoms with Gasteiger partial charge in [0.25, 0.3) is 0 Å². The highest BCUT2D eigenvalue weighted by Gasteiger charge is 2.28. The number of rotatable bonds is 1. The smallest absolute Gasteiger partial charge is 0.350 e. The number of piperidine rings is 1. The second-order valence-electron chi connectivity index (χ2n) is 4.92. The molecule has 2 heterocycles. The fraction of sp³-hybridized carbons (Fsp3) is 0.429. The summed E-state index contributed by atoms with van der Waals surface area (Å²) in [5, 5.41) is 0.636. The Morgan fingerprint density at radius 1 is 1.16 bits per heavy atom. The molecule has 0 spiro atoms. The first-order chi connectivity index (χ1) is 9.24. The number of amidine groups is 1. The van der Waals surface area contributed by atoms with Crippen LogP contribution in [0.5, 0.6) is 0 Å². The molecule has 0 N–H and O–H groups in total. The minimum Gasteiger partial charge on any atom is -0.358 e. The molecule has 0 atom stereocenters. The van der Waals surface area contributed by atoms with Crippen molar-refractivity contribution >= 4 is 29.2 Å². The molecule has 1 saturated heterocycles. The maximum atomic E-state index is 12.0. The number of amides is 2. The van der Waals surface area contributed by atoms with E-state index in [9.17, 15) is 4.79 Å². The summed E-state index contributed by atoms with van der Waals surface area (Å²) in [6, 6.07) is 7.15. The van der Waals surface area contributed by atoms with Crippen LogP contribution in [0.1, 0.15) is 19.3 Å². The van der Waals surface area contributed by atoms with Gasteiger partial charge in [-0.3, -0.25) is 4.90 Å². The highest BCUT2D eigenvalue weighted by atomic mass is 35.5. The molecular weight excluding hydrogens is 262 g/mol. The van der Waals surface area contributed by atoms with Gasteiger partial charge in [0.1, 0.15) is 5.84 Å². The highest BCUT2D eigenvalue weighted by molar-refractivity contribution is 6.31. The van der Waals surface area contributed by atoms with Gasteiger partial charge in [-0.15, -0.1) is 0 Å². The third-order valence-corrected chi connectivity index (χ3v) is 3.83. The Bertz CT molecular complexity index is 523. The van der Waals surface area contributed by atoms with Crippen LogP contribution in [0, 0.1) is 0 Å². The minimum atomic E-state index is -0.192. The number of anilines is 1. The van der Waals surface area contributed by atoms with Crippen molar-refractivity contribution < 1.29 is 4.79 Å². The number of carbonyl (C=O) groups is 1. The average Bonchev–Trinajstić information content (AvgIpc) is 2.82. The van der Waals surface area contributed by atoms with E-state index in [2.05, 4.69) is 9.89 Å². The number of benzene rings is 1. The lowest BCUT2D eigenvalue weighted by Gasteiger charge is -2.28. The van der Waals surface area contributed by atoms with Crippen LogP contribution < -0.4 is 4.90 Å². The van der Waals surface area contributed by atoms with Crippen molar-refractivity contribution in [3.05, 3.63) is 29.3 Å². The summed E-state index contributed by atoms with van der Waals surface area (Å²) in [4.78, 5) is 20.1. The molecule has 1 fully saturated rings. The fourth-order valence-electron chi connectivity index (χ4n) is 2.58. The molecule has 4 nitrogen and oxygen atoms in total. The van der Waals surface area contributed by atoms with E-state index in [0.29, 0.717) is 11.6 Å². The SMILES string of the molecule is O=C1N=C(N2CCCCC2)CN1c1cccc(Cl)c1. The normalized spacial score (nSPS) is 19.8. The number of nitrogens with zero attached hydrogens (tertiary/aromatic N) is 3. The van der Waals surface area contributed by atoms with Gasteiger partial charge in [-0.2, -0.15) is 4.99 Å². The topological polar surface area (TPSA) is 35.9 Å². The van der Waals surface area contributed by atoms with E-state index in [1.54, 1.807) is 17.0 Å². The number of hydrogen-bond acceptors (Lipinski definition) is 2. The summed E-state index contributed by atoms with van der Waals surface area (Å²) < 4.78 is 0. The standard InChI is InChI=1S/C14H16ClN3O/c15-11-5-4-6-12(9-11)18-10-13(16-14(18)19)17-7-2-1-3-8-17/h4-6,9H,1-3,7-8,10H2. The van der Waals surface area contributed by atoms with E-state index in [1.165, 1.54) is 19.3 Å². The van der Waals surface area contributed by atoms with Crippen LogP contribution in [0.15, 0.2) is 29.3 Å². The van der Waals surface area contributed by atoms with Crippen molar-refractivity contribution in [1.82, 2.24) is 4.90 Å². The lowest BCUT2D eigenvalue weighted by molar-refractivity contribution is 0.256. The first kappa shape index (κ1) is 12.5. The molecule has 1 aromatic carbocycles. The summed E-state index contributed by atoms with van der Waals surface area (Å²) in [7, 11) is 0. The summed E-state index contributed by atoms with van der Waals surface area (Å²) in [6.45, 7) is 2.57. The predicted octanol–water partition coefficient (Wildman–Crippen LogP) is 3.16. The number of likely N-dealkylation sites (tertiary alicyclic amines) is 1. The summed E-state index contributed by atoms with van der Waals surface area (Å²) >= 11 is 5.97. The van der Waals surface area contributed by atoms with Crippen LogP contribution in [0.25, 0.3) is 0 Å². The molecule has 0 unspecified atom stereocenters. The Balaban J connectivity index is 1.76. The Kier molecular flexibility index (Phi) is 3.42. The first-order valence-electron chi connectivity index (χ1n) is 6.63. The van der Waals surface area contributed by atoms with Crippen LogP contribution in [-0.4, -0.2) is 36.4 Å². The Labute approximate surface area is 117 Å². The third-order valence-electron chi connectivity index (χ3n) is 3.60. The molecule has 2 aliphatic heterocycles. The van der Waals surface area contributed by atoms with Crippen LogP contribution >= 0.6 is 11.6 Å². The lowest BCUT2D eigenvalue weighted by atomic mass is 10.1. The van der Waals surface area contributed by atoms with Crippen molar-refractivity contribution in [2.75, 3.05) is 24.5 Å². The largest absolute Gasteiger partial charge is 0.358 e. The van der Waals surface area contributed by atoms with Crippen LogP contribution in [0.3, 0.4) is 0 Å². The molecule has 19 heavy (non-hydrogen) atoms. The van der Waals surface area contributed by atoms with Gasteiger partial charge in [-0.25, -0.2) is 4.79 Å².